The van der Waals surface area contributed by atoms with Crippen molar-refractivity contribution in [1.82, 2.24) is 15.0 Å². The van der Waals surface area contributed by atoms with Crippen molar-refractivity contribution in [1.29, 1.82) is 0 Å². The number of aromatic nitrogens is 1. The number of benzene rings is 2. The largest absolute Gasteiger partial charge is 0.355 e. The molecule has 3 aromatic rings. The van der Waals surface area contributed by atoms with Crippen LogP contribution in [0, 0.1) is 5.92 Å². The standard InChI is InChI=1S/C25H28N4O3S/c30-25(27-17-15-19-9-10-19)23(18-20-6-2-1-3-7-20)29-33(31,32)22-13-11-21(12-14-22)28-24-8-4-5-16-26-24/h1-8,11-14,16,19,23,29H,9-10,15,17-18H2,(H,26,28)(H,27,30)/t23-/m0/s1. The average molecular weight is 465 g/mol. The Balaban J connectivity index is 1.45. The van der Waals surface area contributed by atoms with Gasteiger partial charge < -0.3 is 10.6 Å². The second-order valence-electron chi connectivity index (χ2n) is 8.25. The van der Waals surface area contributed by atoms with Gasteiger partial charge in [0.2, 0.25) is 15.9 Å². The maximum Gasteiger partial charge on any atom is 0.241 e. The van der Waals surface area contributed by atoms with Crippen molar-refractivity contribution < 1.29 is 13.2 Å². The monoisotopic (exact) mass is 464 g/mol. The molecule has 7 nitrogen and oxygen atoms in total. The lowest BCUT2D eigenvalue weighted by molar-refractivity contribution is -0.122. The number of nitrogens with one attached hydrogen (secondary N) is 3. The molecule has 0 spiro atoms. The molecule has 1 aliphatic carbocycles. The van der Waals surface area contributed by atoms with Crippen LogP contribution < -0.4 is 15.4 Å². The molecule has 1 saturated carbocycles. The van der Waals surface area contributed by atoms with Crippen LogP contribution in [0.1, 0.15) is 24.8 Å². The SMILES string of the molecule is O=C(NCCC1CC1)[C@H](Cc1ccccc1)NS(=O)(=O)c1ccc(Nc2ccccn2)cc1. The Morgan fingerprint density at radius 1 is 0.970 bits per heavy atom. The molecule has 33 heavy (non-hydrogen) atoms. The van der Waals surface area contributed by atoms with Gasteiger partial charge in [0.05, 0.1) is 4.90 Å². The summed E-state index contributed by atoms with van der Waals surface area (Å²) in [4.78, 5) is 17.2. The molecule has 8 heteroatoms. The summed E-state index contributed by atoms with van der Waals surface area (Å²) in [6.07, 6.45) is 5.30. The van der Waals surface area contributed by atoms with Crippen molar-refractivity contribution in [2.24, 2.45) is 5.92 Å². The predicted molar refractivity (Wildman–Crippen MR) is 129 cm³/mol. The zero-order chi connectivity index (χ0) is 23.1. The second-order valence-corrected chi connectivity index (χ2v) is 9.97. The average Bonchev–Trinajstić information content (AvgIpc) is 3.65. The van der Waals surface area contributed by atoms with E-state index in [1.54, 1.807) is 18.3 Å². The molecule has 0 aliphatic heterocycles. The molecule has 1 aliphatic rings. The van der Waals surface area contributed by atoms with Crippen LogP contribution in [0.3, 0.4) is 0 Å². The lowest BCUT2D eigenvalue weighted by Crippen LogP contribution is -2.48. The van der Waals surface area contributed by atoms with E-state index < -0.39 is 16.1 Å². The van der Waals surface area contributed by atoms with Crippen molar-refractivity contribution in [2.45, 2.75) is 36.6 Å². The molecular weight excluding hydrogens is 436 g/mol. The molecule has 1 amide bonds. The van der Waals surface area contributed by atoms with E-state index in [9.17, 15) is 13.2 Å². The lowest BCUT2D eigenvalue weighted by Gasteiger charge is -2.19. The zero-order valence-electron chi connectivity index (χ0n) is 18.3. The molecule has 1 heterocycles. The Labute approximate surface area is 194 Å². The van der Waals surface area contributed by atoms with Crippen LogP contribution in [-0.4, -0.2) is 31.9 Å². The third kappa shape index (κ3) is 6.87. The summed E-state index contributed by atoms with van der Waals surface area (Å²) in [6, 6.07) is 20.4. The molecule has 2 aromatic carbocycles. The number of hydrogen-bond acceptors (Lipinski definition) is 5. The Bertz CT molecular complexity index is 1150. The molecule has 0 radical (unpaired) electrons. The minimum Gasteiger partial charge on any atom is -0.355 e. The highest BCUT2D eigenvalue weighted by molar-refractivity contribution is 7.89. The number of anilines is 2. The molecule has 3 N–H and O–H groups in total. The predicted octanol–water partition coefficient (Wildman–Crippen LogP) is 3.63. The minimum absolute atomic E-state index is 0.0953. The van der Waals surface area contributed by atoms with Gasteiger partial charge in [-0.1, -0.05) is 49.2 Å². The van der Waals surface area contributed by atoms with E-state index in [4.69, 9.17) is 0 Å². The van der Waals surface area contributed by atoms with Gasteiger partial charge in [-0.15, -0.1) is 0 Å². The van der Waals surface area contributed by atoms with Crippen LogP contribution in [0.5, 0.6) is 0 Å². The summed E-state index contributed by atoms with van der Waals surface area (Å²) in [6.45, 7) is 0.560. The molecular formula is C25H28N4O3S. The van der Waals surface area contributed by atoms with E-state index in [0.717, 1.165) is 12.0 Å². The Morgan fingerprint density at radius 2 is 1.70 bits per heavy atom. The highest BCUT2D eigenvalue weighted by atomic mass is 32.2. The summed E-state index contributed by atoms with van der Waals surface area (Å²) in [7, 11) is -3.90. The molecule has 0 saturated heterocycles. The van der Waals surface area contributed by atoms with E-state index in [-0.39, 0.29) is 17.2 Å². The smallest absolute Gasteiger partial charge is 0.241 e. The van der Waals surface area contributed by atoms with Gasteiger partial charge in [0.25, 0.3) is 0 Å². The molecule has 0 bridgehead atoms. The number of pyridine rings is 1. The second kappa shape index (κ2) is 10.6. The highest BCUT2D eigenvalue weighted by Gasteiger charge is 2.27. The minimum atomic E-state index is -3.90. The number of amides is 1. The fourth-order valence-corrected chi connectivity index (χ4v) is 4.72. The normalized spacial score (nSPS) is 14.4. The van der Waals surface area contributed by atoms with E-state index in [0.29, 0.717) is 24.0 Å². The number of nitrogens with zero attached hydrogens (tertiary/aromatic N) is 1. The van der Waals surface area contributed by atoms with Crippen LogP contribution in [0.2, 0.25) is 0 Å². The molecule has 172 valence electrons. The van der Waals surface area contributed by atoms with Crippen molar-refractivity contribution in [3.8, 4) is 0 Å². The topological polar surface area (TPSA) is 100 Å². The van der Waals surface area contributed by atoms with E-state index in [1.807, 2.05) is 48.5 Å². The van der Waals surface area contributed by atoms with Gasteiger partial charge in [0.1, 0.15) is 11.9 Å². The first kappa shape index (κ1) is 22.9. The molecule has 0 unspecified atom stereocenters. The number of rotatable bonds is 11. The van der Waals surface area contributed by atoms with E-state index in [1.165, 1.54) is 25.0 Å². The van der Waals surface area contributed by atoms with Gasteiger partial charge in [0, 0.05) is 18.4 Å². The first-order valence-electron chi connectivity index (χ1n) is 11.1. The van der Waals surface area contributed by atoms with Gasteiger partial charge >= 0.3 is 0 Å². The summed E-state index contributed by atoms with van der Waals surface area (Å²) >= 11 is 0. The number of sulfonamides is 1. The van der Waals surface area contributed by atoms with Crippen molar-refractivity contribution in [3.63, 3.8) is 0 Å². The van der Waals surface area contributed by atoms with Crippen LogP contribution in [0.4, 0.5) is 11.5 Å². The van der Waals surface area contributed by atoms with Gasteiger partial charge in [0.15, 0.2) is 0 Å². The maximum atomic E-state index is 13.1. The molecule has 1 fully saturated rings. The van der Waals surface area contributed by atoms with Crippen LogP contribution >= 0.6 is 0 Å². The summed E-state index contributed by atoms with van der Waals surface area (Å²) < 4.78 is 28.8. The number of hydrogen-bond donors (Lipinski definition) is 3. The van der Waals surface area contributed by atoms with Crippen LogP contribution in [-0.2, 0) is 21.2 Å². The number of carbonyl (C=O) groups excluding carboxylic acids is 1. The lowest BCUT2D eigenvalue weighted by atomic mass is 10.1. The van der Waals surface area contributed by atoms with Gasteiger partial charge in [-0.2, -0.15) is 4.72 Å². The fourth-order valence-electron chi connectivity index (χ4n) is 3.52. The van der Waals surface area contributed by atoms with E-state index >= 15 is 0 Å². The molecule has 1 atom stereocenters. The van der Waals surface area contributed by atoms with Crippen molar-refractivity contribution in [3.05, 3.63) is 84.6 Å². The maximum absolute atomic E-state index is 13.1. The van der Waals surface area contributed by atoms with Gasteiger partial charge in [-0.3, -0.25) is 4.79 Å². The fraction of sp³-hybridized carbons (Fsp3) is 0.280. The Kier molecular flexibility index (Phi) is 7.36. The van der Waals surface area contributed by atoms with Crippen LogP contribution in [0.25, 0.3) is 0 Å². The van der Waals surface area contributed by atoms with Gasteiger partial charge in [-0.05, 0) is 60.7 Å². The highest BCUT2D eigenvalue weighted by Crippen LogP contribution is 2.31. The third-order valence-corrected chi connectivity index (χ3v) is 7.03. The summed E-state index contributed by atoms with van der Waals surface area (Å²) in [5.74, 6) is 1.04. The Morgan fingerprint density at radius 3 is 2.36 bits per heavy atom. The van der Waals surface area contributed by atoms with Gasteiger partial charge in [-0.25, -0.2) is 13.4 Å². The summed E-state index contributed by atoms with van der Waals surface area (Å²) in [5, 5.41) is 6.02. The Hall–Kier alpha value is -3.23. The molecule has 4 rings (SSSR count). The van der Waals surface area contributed by atoms with E-state index in [2.05, 4.69) is 20.3 Å². The first-order valence-corrected chi connectivity index (χ1v) is 12.6. The third-order valence-electron chi connectivity index (χ3n) is 5.55. The van der Waals surface area contributed by atoms with Crippen molar-refractivity contribution in [2.75, 3.05) is 11.9 Å². The molecule has 1 aromatic heterocycles. The van der Waals surface area contributed by atoms with Crippen LogP contribution in [0.15, 0.2) is 83.9 Å². The quantitative estimate of drug-likeness (QED) is 0.402. The summed E-state index contributed by atoms with van der Waals surface area (Å²) in [5.41, 5.74) is 1.60. The number of carbonyl (C=O) groups is 1. The zero-order valence-corrected chi connectivity index (χ0v) is 19.1. The first-order chi connectivity index (χ1) is 16.0. The van der Waals surface area contributed by atoms with Crippen molar-refractivity contribution >= 4 is 27.4 Å².